The number of methoxy groups -OCH3 is 1. The maximum Gasteiger partial charge on any atom is 0.331 e. The largest absolute Gasteiger partial charge is 0.464 e. The lowest BCUT2D eigenvalue weighted by molar-refractivity contribution is -0.146. The first kappa shape index (κ1) is 17.6. The van der Waals surface area contributed by atoms with E-state index in [1.807, 2.05) is 6.92 Å². The molecule has 0 aliphatic carbocycles. The van der Waals surface area contributed by atoms with Crippen molar-refractivity contribution in [2.24, 2.45) is 0 Å². The highest BCUT2D eigenvalue weighted by Crippen LogP contribution is 2.36. The smallest absolute Gasteiger partial charge is 0.331 e. The van der Waals surface area contributed by atoms with Gasteiger partial charge in [0.15, 0.2) is 6.04 Å². The van der Waals surface area contributed by atoms with Crippen LogP contribution in [0.15, 0.2) is 8.26 Å². The Morgan fingerprint density at radius 2 is 2.05 bits per heavy atom. The minimum atomic E-state index is -0.813. The first-order valence-electron chi connectivity index (χ1n) is 5.83. The lowest BCUT2D eigenvalue weighted by atomic mass is 10.2. The number of ether oxygens (including phenoxy) is 2. The fourth-order valence-corrected chi connectivity index (χ4v) is 3.66. The normalized spacial score (nSPS) is 12.1. The van der Waals surface area contributed by atoms with Crippen molar-refractivity contribution in [1.82, 2.24) is 5.32 Å². The molecular weight excluding hydrogens is 414 g/mol. The molecule has 20 heavy (non-hydrogen) atoms. The van der Waals surface area contributed by atoms with Gasteiger partial charge in [0.1, 0.15) is 0 Å². The Bertz CT molecular complexity index is 504. The molecule has 0 aromatic carbocycles. The van der Waals surface area contributed by atoms with Crippen molar-refractivity contribution in [3.8, 4) is 0 Å². The summed E-state index contributed by atoms with van der Waals surface area (Å²) in [5.41, 5.74) is 0.819. The summed E-state index contributed by atoms with van der Waals surface area (Å²) in [5.74, 6) is -0.830. The molecule has 1 atom stereocenters. The first-order valence-corrected chi connectivity index (χ1v) is 8.23. The molecule has 1 unspecified atom stereocenters. The lowest BCUT2D eigenvalue weighted by Crippen LogP contribution is -2.44. The molecule has 8 heteroatoms. The van der Waals surface area contributed by atoms with Crippen molar-refractivity contribution in [2.75, 3.05) is 20.3 Å². The Balaban J connectivity index is 2.85. The van der Waals surface area contributed by atoms with Crippen LogP contribution in [0.4, 0.5) is 0 Å². The maximum atomic E-state index is 12.2. The van der Waals surface area contributed by atoms with Crippen molar-refractivity contribution >= 4 is 55.1 Å². The van der Waals surface area contributed by atoms with Crippen molar-refractivity contribution in [1.29, 1.82) is 0 Å². The molecule has 1 aromatic rings. The van der Waals surface area contributed by atoms with Crippen molar-refractivity contribution in [3.63, 3.8) is 0 Å². The molecule has 112 valence electrons. The van der Waals surface area contributed by atoms with Crippen LogP contribution in [-0.2, 0) is 14.3 Å². The number of amides is 1. The zero-order chi connectivity index (χ0) is 15.3. The van der Waals surface area contributed by atoms with E-state index in [9.17, 15) is 9.59 Å². The average Bonchev–Trinajstić information content (AvgIpc) is 2.66. The quantitative estimate of drug-likeness (QED) is 0.707. The summed E-state index contributed by atoms with van der Waals surface area (Å²) in [6, 6.07) is -0.813. The monoisotopic (exact) mass is 427 g/mol. The van der Waals surface area contributed by atoms with Crippen LogP contribution in [0.5, 0.6) is 0 Å². The zero-order valence-electron chi connectivity index (χ0n) is 11.3. The van der Waals surface area contributed by atoms with E-state index >= 15 is 0 Å². The van der Waals surface area contributed by atoms with Gasteiger partial charge in [-0.25, -0.2) is 4.79 Å². The molecule has 0 aliphatic rings. The standard InChI is InChI=1S/C12H15Br2NO4S/c1-4-19-12(17)7(5-18-3)15-11(16)9-6(2)8(13)10(14)20-9/h7H,4-5H2,1-3H3,(H,15,16). The van der Waals surface area contributed by atoms with E-state index in [1.165, 1.54) is 18.4 Å². The van der Waals surface area contributed by atoms with Crippen molar-refractivity contribution in [3.05, 3.63) is 18.7 Å². The lowest BCUT2D eigenvalue weighted by Gasteiger charge is -2.16. The van der Waals surface area contributed by atoms with Gasteiger partial charge in [-0.05, 0) is 51.3 Å². The summed E-state index contributed by atoms with van der Waals surface area (Å²) in [6.07, 6.45) is 0. The highest BCUT2D eigenvalue weighted by Gasteiger charge is 2.25. The SMILES string of the molecule is CCOC(=O)C(COC)NC(=O)c1sc(Br)c(Br)c1C. The summed E-state index contributed by atoms with van der Waals surface area (Å²) < 4.78 is 11.5. The van der Waals surface area contributed by atoms with Gasteiger partial charge in [0.05, 0.1) is 21.9 Å². The van der Waals surface area contributed by atoms with E-state index in [4.69, 9.17) is 9.47 Å². The van der Waals surface area contributed by atoms with E-state index < -0.39 is 12.0 Å². The highest BCUT2D eigenvalue weighted by atomic mass is 79.9. The van der Waals surface area contributed by atoms with Gasteiger partial charge in [-0.15, -0.1) is 11.3 Å². The van der Waals surface area contributed by atoms with Gasteiger partial charge in [0, 0.05) is 11.6 Å². The van der Waals surface area contributed by atoms with E-state index in [0.29, 0.717) is 4.88 Å². The number of esters is 1. The van der Waals surface area contributed by atoms with Crippen LogP contribution < -0.4 is 5.32 Å². The number of thiophene rings is 1. The predicted molar refractivity (Wildman–Crippen MR) is 84.2 cm³/mol. The Kier molecular flexibility index (Phi) is 7.14. The number of carbonyl (C=O) groups excluding carboxylic acids is 2. The Morgan fingerprint density at radius 1 is 1.40 bits per heavy atom. The van der Waals surface area contributed by atoms with Crippen LogP contribution in [0.1, 0.15) is 22.2 Å². The summed E-state index contributed by atoms with van der Waals surface area (Å²) >= 11 is 8.05. The number of hydrogen-bond donors (Lipinski definition) is 1. The van der Waals surface area contributed by atoms with Gasteiger partial charge in [0.2, 0.25) is 0 Å². The molecule has 0 spiro atoms. The predicted octanol–water partition coefficient (Wildman–Crippen LogP) is 2.89. The van der Waals surface area contributed by atoms with Crippen molar-refractivity contribution in [2.45, 2.75) is 19.9 Å². The highest BCUT2D eigenvalue weighted by molar-refractivity contribution is 9.13. The summed E-state index contributed by atoms with van der Waals surface area (Å²) in [4.78, 5) is 24.5. The van der Waals surface area contributed by atoms with E-state index in [2.05, 4.69) is 37.2 Å². The Morgan fingerprint density at radius 3 is 2.50 bits per heavy atom. The fourth-order valence-electron chi connectivity index (χ4n) is 1.48. The van der Waals surface area contributed by atoms with Crippen LogP contribution in [-0.4, -0.2) is 38.2 Å². The van der Waals surface area contributed by atoms with E-state index in [1.54, 1.807) is 6.92 Å². The maximum absolute atomic E-state index is 12.2. The van der Waals surface area contributed by atoms with Crippen LogP contribution >= 0.6 is 43.2 Å². The first-order chi connectivity index (χ1) is 9.42. The Labute approximate surface area is 138 Å². The molecule has 1 N–H and O–H groups in total. The number of nitrogens with one attached hydrogen (secondary N) is 1. The minimum Gasteiger partial charge on any atom is -0.464 e. The molecule has 0 aliphatic heterocycles. The summed E-state index contributed by atoms with van der Waals surface area (Å²) in [6.45, 7) is 3.86. The second-order valence-electron chi connectivity index (χ2n) is 3.88. The summed E-state index contributed by atoms with van der Waals surface area (Å²) in [7, 11) is 1.46. The third kappa shape index (κ3) is 4.28. The third-order valence-corrected chi connectivity index (χ3v) is 6.20. The average molecular weight is 429 g/mol. The van der Waals surface area contributed by atoms with E-state index in [0.717, 1.165) is 13.8 Å². The van der Waals surface area contributed by atoms with Gasteiger partial charge in [-0.3, -0.25) is 4.79 Å². The van der Waals surface area contributed by atoms with Gasteiger partial charge in [0.25, 0.3) is 5.91 Å². The number of rotatable bonds is 6. The van der Waals surface area contributed by atoms with Gasteiger partial charge < -0.3 is 14.8 Å². The molecule has 5 nitrogen and oxygen atoms in total. The minimum absolute atomic E-state index is 0.0668. The second kappa shape index (κ2) is 8.11. The van der Waals surface area contributed by atoms with Gasteiger partial charge in [-0.1, -0.05) is 0 Å². The number of halogens is 2. The Hall–Kier alpha value is -0.440. The third-order valence-electron chi connectivity index (χ3n) is 2.45. The number of carbonyl (C=O) groups is 2. The fraction of sp³-hybridized carbons (Fsp3) is 0.500. The molecule has 1 aromatic heterocycles. The van der Waals surface area contributed by atoms with Crippen LogP contribution in [0, 0.1) is 6.92 Å². The van der Waals surface area contributed by atoms with Crippen LogP contribution in [0.2, 0.25) is 0 Å². The number of hydrogen-bond acceptors (Lipinski definition) is 5. The second-order valence-corrected chi connectivity index (χ2v) is 7.01. The molecule has 0 radical (unpaired) electrons. The summed E-state index contributed by atoms with van der Waals surface area (Å²) in [5, 5.41) is 2.63. The molecule has 0 fully saturated rings. The molecule has 1 amide bonds. The van der Waals surface area contributed by atoms with Gasteiger partial charge in [-0.2, -0.15) is 0 Å². The molecule has 1 rings (SSSR count). The van der Waals surface area contributed by atoms with Gasteiger partial charge >= 0.3 is 5.97 Å². The molecule has 0 saturated carbocycles. The topological polar surface area (TPSA) is 64.6 Å². The molecular formula is C12H15Br2NO4S. The van der Waals surface area contributed by atoms with Crippen LogP contribution in [0.25, 0.3) is 0 Å². The van der Waals surface area contributed by atoms with Crippen LogP contribution in [0.3, 0.4) is 0 Å². The molecule has 1 heterocycles. The molecule has 0 bridgehead atoms. The molecule has 0 saturated heterocycles. The van der Waals surface area contributed by atoms with Crippen molar-refractivity contribution < 1.29 is 19.1 Å². The van der Waals surface area contributed by atoms with E-state index in [-0.39, 0.29) is 19.1 Å². The zero-order valence-corrected chi connectivity index (χ0v) is 15.3.